The van der Waals surface area contributed by atoms with E-state index in [2.05, 4.69) is 22.4 Å². The minimum atomic E-state index is 0.860. The summed E-state index contributed by atoms with van der Waals surface area (Å²) in [5.41, 5.74) is 1.09. The molecule has 2 rings (SSSR count). The van der Waals surface area contributed by atoms with Crippen LogP contribution in [0, 0.1) is 0 Å². The summed E-state index contributed by atoms with van der Waals surface area (Å²) in [5, 5.41) is 13.9. The Bertz CT molecular complexity index is 496. The first-order valence-electron chi connectivity index (χ1n) is 6.51. The molecule has 0 saturated heterocycles. The van der Waals surface area contributed by atoms with Gasteiger partial charge in [-0.1, -0.05) is 18.3 Å². The lowest BCUT2D eigenvalue weighted by molar-refractivity contribution is 0.415. The monoisotopic (exact) mass is 277 g/mol. The SMILES string of the molecule is CCNCCCc1nnc(-c2ccc(OC)cc2)s1. The first-order valence-corrected chi connectivity index (χ1v) is 7.32. The molecule has 0 amide bonds. The van der Waals surface area contributed by atoms with E-state index in [0.29, 0.717) is 0 Å². The fourth-order valence-corrected chi connectivity index (χ4v) is 2.63. The number of benzene rings is 1. The van der Waals surface area contributed by atoms with E-state index in [4.69, 9.17) is 4.74 Å². The maximum atomic E-state index is 5.15. The second-order valence-corrected chi connectivity index (χ2v) is 5.25. The number of nitrogens with one attached hydrogen (secondary N) is 1. The minimum absolute atomic E-state index is 0.860. The summed E-state index contributed by atoms with van der Waals surface area (Å²) in [6, 6.07) is 7.92. The quantitative estimate of drug-likeness (QED) is 0.791. The van der Waals surface area contributed by atoms with E-state index in [1.54, 1.807) is 18.4 Å². The highest BCUT2D eigenvalue weighted by Gasteiger charge is 2.06. The average molecular weight is 277 g/mol. The molecule has 1 N–H and O–H groups in total. The number of aromatic nitrogens is 2. The van der Waals surface area contributed by atoms with Crippen molar-refractivity contribution in [2.75, 3.05) is 20.2 Å². The molecular formula is C14H19N3OS. The molecule has 0 spiro atoms. The second kappa shape index (κ2) is 7.21. The summed E-state index contributed by atoms with van der Waals surface area (Å²) >= 11 is 1.67. The Balaban J connectivity index is 1.95. The fraction of sp³-hybridized carbons (Fsp3) is 0.429. The number of methoxy groups -OCH3 is 1. The molecule has 0 aliphatic heterocycles. The van der Waals surface area contributed by atoms with Crippen LogP contribution in [-0.4, -0.2) is 30.4 Å². The van der Waals surface area contributed by atoms with Gasteiger partial charge in [0.2, 0.25) is 0 Å². The first kappa shape index (κ1) is 14.0. The van der Waals surface area contributed by atoms with Gasteiger partial charge in [-0.2, -0.15) is 0 Å². The molecule has 2 aromatic rings. The lowest BCUT2D eigenvalue weighted by Crippen LogP contribution is -2.14. The van der Waals surface area contributed by atoms with Crippen LogP contribution in [0.1, 0.15) is 18.4 Å². The van der Waals surface area contributed by atoms with E-state index in [1.165, 1.54) is 0 Å². The van der Waals surface area contributed by atoms with Crippen LogP contribution < -0.4 is 10.1 Å². The van der Waals surface area contributed by atoms with Crippen molar-refractivity contribution in [2.24, 2.45) is 0 Å². The molecule has 1 aromatic carbocycles. The standard InChI is InChI=1S/C14H19N3OS/c1-3-15-10-4-5-13-16-17-14(19-13)11-6-8-12(18-2)9-7-11/h6-9,15H,3-5,10H2,1-2H3. The predicted molar refractivity (Wildman–Crippen MR) is 78.8 cm³/mol. The van der Waals surface area contributed by atoms with Crippen LogP contribution in [0.4, 0.5) is 0 Å². The Hall–Kier alpha value is -1.46. The molecule has 0 radical (unpaired) electrons. The molecule has 1 aromatic heterocycles. The van der Waals surface area contributed by atoms with Crippen LogP contribution >= 0.6 is 11.3 Å². The topological polar surface area (TPSA) is 47.0 Å². The van der Waals surface area contributed by atoms with Gasteiger partial charge in [0.25, 0.3) is 0 Å². The highest BCUT2D eigenvalue weighted by Crippen LogP contribution is 2.25. The Kier molecular flexibility index (Phi) is 5.30. The zero-order chi connectivity index (χ0) is 13.5. The van der Waals surface area contributed by atoms with Crippen molar-refractivity contribution in [3.8, 4) is 16.3 Å². The number of hydrogen-bond donors (Lipinski definition) is 1. The molecule has 0 unspecified atom stereocenters. The summed E-state index contributed by atoms with van der Waals surface area (Å²) in [4.78, 5) is 0. The predicted octanol–water partition coefficient (Wildman–Crippen LogP) is 2.76. The van der Waals surface area contributed by atoms with Gasteiger partial charge in [-0.3, -0.25) is 0 Å². The molecule has 0 atom stereocenters. The van der Waals surface area contributed by atoms with E-state index < -0.39 is 0 Å². The zero-order valence-corrected chi connectivity index (χ0v) is 12.2. The van der Waals surface area contributed by atoms with Crippen molar-refractivity contribution in [2.45, 2.75) is 19.8 Å². The van der Waals surface area contributed by atoms with Crippen LogP contribution in [-0.2, 0) is 6.42 Å². The van der Waals surface area contributed by atoms with E-state index in [-0.39, 0.29) is 0 Å². The summed E-state index contributed by atoms with van der Waals surface area (Å²) in [6.45, 7) is 4.17. The molecule has 0 aliphatic rings. The third-order valence-electron chi connectivity index (χ3n) is 2.80. The van der Waals surface area contributed by atoms with Gasteiger partial charge >= 0.3 is 0 Å². The maximum absolute atomic E-state index is 5.15. The summed E-state index contributed by atoms with van der Waals surface area (Å²) in [7, 11) is 1.67. The van der Waals surface area contributed by atoms with Gasteiger partial charge < -0.3 is 10.1 Å². The Morgan fingerprint density at radius 3 is 2.68 bits per heavy atom. The summed E-state index contributed by atoms with van der Waals surface area (Å²) in [5.74, 6) is 0.860. The molecule has 0 bridgehead atoms. The molecular weight excluding hydrogens is 258 g/mol. The minimum Gasteiger partial charge on any atom is -0.497 e. The summed E-state index contributed by atoms with van der Waals surface area (Å²) in [6.07, 6.45) is 2.09. The highest BCUT2D eigenvalue weighted by molar-refractivity contribution is 7.14. The molecule has 0 saturated carbocycles. The lowest BCUT2D eigenvalue weighted by Gasteiger charge is -1.99. The van der Waals surface area contributed by atoms with Gasteiger partial charge in [-0.15, -0.1) is 10.2 Å². The molecule has 19 heavy (non-hydrogen) atoms. The lowest BCUT2D eigenvalue weighted by atomic mass is 10.2. The van der Waals surface area contributed by atoms with Crippen LogP contribution in [0.5, 0.6) is 5.75 Å². The molecule has 4 nitrogen and oxygen atoms in total. The smallest absolute Gasteiger partial charge is 0.147 e. The van der Waals surface area contributed by atoms with Crippen LogP contribution in [0.25, 0.3) is 10.6 Å². The summed E-state index contributed by atoms with van der Waals surface area (Å²) < 4.78 is 5.15. The second-order valence-electron chi connectivity index (χ2n) is 4.19. The van der Waals surface area contributed by atoms with Gasteiger partial charge in [-0.25, -0.2) is 0 Å². The van der Waals surface area contributed by atoms with Gasteiger partial charge in [0, 0.05) is 12.0 Å². The molecule has 0 aliphatic carbocycles. The van der Waals surface area contributed by atoms with Crippen molar-refractivity contribution in [1.29, 1.82) is 0 Å². The van der Waals surface area contributed by atoms with Gasteiger partial charge in [0.1, 0.15) is 15.8 Å². The number of nitrogens with zero attached hydrogens (tertiary/aromatic N) is 2. The highest BCUT2D eigenvalue weighted by atomic mass is 32.1. The number of hydrogen-bond acceptors (Lipinski definition) is 5. The average Bonchev–Trinajstić information content (AvgIpc) is 2.92. The van der Waals surface area contributed by atoms with E-state index >= 15 is 0 Å². The largest absolute Gasteiger partial charge is 0.497 e. The molecule has 1 heterocycles. The van der Waals surface area contributed by atoms with Gasteiger partial charge in [0.15, 0.2) is 0 Å². The Labute approximate surface area is 117 Å². The van der Waals surface area contributed by atoms with Crippen LogP contribution in [0.3, 0.4) is 0 Å². The third kappa shape index (κ3) is 4.01. The Morgan fingerprint density at radius 2 is 2.00 bits per heavy atom. The maximum Gasteiger partial charge on any atom is 0.147 e. The molecule has 0 fully saturated rings. The van der Waals surface area contributed by atoms with Crippen molar-refractivity contribution >= 4 is 11.3 Å². The molecule has 5 heteroatoms. The number of aryl methyl sites for hydroxylation is 1. The van der Waals surface area contributed by atoms with Gasteiger partial charge in [-0.05, 0) is 43.8 Å². The Morgan fingerprint density at radius 1 is 1.21 bits per heavy atom. The normalized spacial score (nSPS) is 10.6. The van der Waals surface area contributed by atoms with Crippen LogP contribution in [0.2, 0.25) is 0 Å². The zero-order valence-electron chi connectivity index (χ0n) is 11.3. The fourth-order valence-electron chi connectivity index (χ4n) is 1.75. The van der Waals surface area contributed by atoms with Crippen LogP contribution in [0.15, 0.2) is 24.3 Å². The van der Waals surface area contributed by atoms with E-state index in [9.17, 15) is 0 Å². The number of ether oxygens (including phenoxy) is 1. The van der Waals surface area contributed by atoms with Crippen molar-refractivity contribution < 1.29 is 4.74 Å². The third-order valence-corrected chi connectivity index (χ3v) is 3.83. The molecule has 102 valence electrons. The van der Waals surface area contributed by atoms with Crippen molar-refractivity contribution in [3.63, 3.8) is 0 Å². The number of rotatable bonds is 7. The van der Waals surface area contributed by atoms with Crippen molar-refractivity contribution in [3.05, 3.63) is 29.3 Å². The first-order chi connectivity index (χ1) is 9.33. The van der Waals surface area contributed by atoms with E-state index in [1.807, 2.05) is 24.3 Å². The van der Waals surface area contributed by atoms with E-state index in [0.717, 1.165) is 47.3 Å². The van der Waals surface area contributed by atoms with Gasteiger partial charge in [0.05, 0.1) is 7.11 Å². The van der Waals surface area contributed by atoms with Crippen molar-refractivity contribution in [1.82, 2.24) is 15.5 Å².